The number of H-pyrrole nitrogens is 1. The van der Waals surface area contributed by atoms with E-state index in [2.05, 4.69) is 14.7 Å². The van der Waals surface area contributed by atoms with Crippen molar-refractivity contribution in [1.29, 1.82) is 0 Å². The molecule has 5 nitrogen and oxygen atoms in total. The summed E-state index contributed by atoms with van der Waals surface area (Å²) < 4.78 is 9.94. The number of nitrogens with zero attached hydrogens (tertiary/aromatic N) is 1. The lowest BCUT2D eigenvalue weighted by molar-refractivity contribution is 0.0595. The molecule has 16 heavy (non-hydrogen) atoms. The van der Waals surface area contributed by atoms with Crippen LogP contribution in [0.2, 0.25) is 0 Å². The normalized spacial score (nSPS) is 10.4. The Labute approximate surface area is 92.4 Å². The maximum atomic E-state index is 11.5. The van der Waals surface area contributed by atoms with Crippen LogP contribution in [0.5, 0.6) is 0 Å². The van der Waals surface area contributed by atoms with E-state index in [9.17, 15) is 4.79 Å². The summed E-state index contributed by atoms with van der Waals surface area (Å²) in [6.45, 7) is 3.68. The van der Waals surface area contributed by atoms with Crippen molar-refractivity contribution in [2.75, 3.05) is 7.11 Å². The molecule has 2 aromatic heterocycles. The molecular weight excluding hydrogens is 208 g/mol. The Kier molecular flexibility index (Phi) is 2.52. The fourth-order valence-electron chi connectivity index (χ4n) is 1.50. The molecule has 1 N–H and O–H groups in total. The van der Waals surface area contributed by atoms with Crippen LogP contribution in [0.4, 0.5) is 0 Å². The number of ether oxygens (including phenoxy) is 1. The average Bonchev–Trinajstić information content (AvgIpc) is 2.83. The number of rotatable bonds is 2. The molecule has 0 saturated heterocycles. The lowest BCUT2D eigenvalue weighted by atomic mass is 10.2. The van der Waals surface area contributed by atoms with Crippen LogP contribution in [0.3, 0.4) is 0 Å². The fourth-order valence-corrected chi connectivity index (χ4v) is 1.50. The topological polar surface area (TPSA) is 68.1 Å². The maximum Gasteiger partial charge on any atom is 0.355 e. The van der Waals surface area contributed by atoms with Crippen molar-refractivity contribution in [1.82, 2.24) is 9.97 Å². The highest BCUT2D eigenvalue weighted by Gasteiger charge is 2.19. The highest BCUT2D eigenvalue weighted by Crippen LogP contribution is 2.24. The van der Waals surface area contributed by atoms with Gasteiger partial charge in [-0.15, -0.1) is 0 Å². The zero-order valence-corrected chi connectivity index (χ0v) is 9.33. The molecule has 0 spiro atoms. The van der Waals surface area contributed by atoms with Gasteiger partial charge in [0.2, 0.25) is 5.89 Å². The van der Waals surface area contributed by atoms with Gasteiger partial charge in [-0.3, -0.25) is 0 Å². The van der Waals surface area contributed by atoms with Crippen LogP contribution in [-0.2, 0) is 4.74 Å². The summed E-state index contributed by atoms with van der Waals surface area (Å²) in [5, 5.41) is 0. The third kappa shape index (κ3) is 1.71. The molecule has 2 rings (SSSR count). The molecular formula is C11H12N2O3. The highest BCUT2D eigenvalue weighted by molar-refractivity contribution is 5.94. The summed E-state index contributed by atoms with van der Waals surface area (Å²) in [5.74, 6) is -0.0128. The first kappa shape index (κ1) is 10.5. The standard InChI is InChI=1S/C11H12N2O3/c1-6-4-8(9(12-6)11(14)15-3)10-13-7(2)5-16-10/h4-5,12H,1-3H3. The van der Waals surface area contributed by atoms with Gasteiger partial charge >= 0.3 is 5.97 Å². The molecule has 0 bridgehead atoms. The first-order chi connectivity index (χ1) is 7.61. The Bertz CT molecular complexity index is 525. The number of aromatic amines is 1. The maximum absolute atomic E-state index is 11.5. The number of esters is 1. The third-order valence-corrected chi connectivity index (χ3v) is 2.19. The number of carbonyl (C=O) groups is 1. The van der Waals surface area contributed by atoms with Crippen molar-refractivity contribution in [3.8, 4) is 11.5 Å². The van der Waals surface area contributed by atoms with E-state index >= 15 is 0 Å². The number of carbonyl (C=O) groups excluding carboxylic acids is 1. The van der Waals surface area contributed by atoms with E-state index in [1.165, 1.54) is 7.11 Å². The van der Waals surface area contributed by atoms with E-state index in [-0.39, 0.29) is 0 Å². The smallest absolute Gasteiger partial charge is 0.355 e. The van der Waals surface area contributed by atoms with Crippen LogP contribution < -0.4 is 0 Å². The van der Waals surface area contributed by atoms with Gasteiger partial charge < -0.3 is 14.1 Å². The van der Waals surface area contributed by atoms with Gasteiger partial charge in [0.1, 0.15) is 12.0 Å². The molecule has 0 amide bonds. The van der Waals surface area contributed by atoms with E-state index in [1.54, 1.807) is 12.3 Å². The second kappa shape index (κ2) is 3.84. The first-order valence-electron chi connectivity index (χ1n) is 4.82. The van der Waals surface area contributed by atoms with Crippen molar-refractivity contribution >= 4 is 5.97 Å². The quantitative estimate of drug-likeness (QED) is 0.786. The predicted octanol–water partition coefficient (Wildman–Crippen LogP) is 2.07. The first-order valence-corrected chi connectivity index (χ1v) is 4.82. The van der Waals surface area contributed by atoms with Gasteiger partial charge in [0, 0.05) is 5.69 Å². The van der Waals surface area contributed by atoms with Crippen LogP contribution in [0.1, 0.15) is 21.9 Å². The van der Waals surface area contributed by atoms with Crippen molar-refractivity contribution in [3.63, 3.8) is 0 Å². The molecule has 0 aromatic carbocycles. The predicted molar refractivity (Wildman–Crippen MR) is 57.1 cm³/mol. The zero-order valence-electron chi connectivity index (χ0n) is 9.33. The van der Waals surface area contributed by atoms with E-state index in [0.717, 1.165) is 11.4 Å². The molecule has 0 aliphatic carbocycles. The van der Waals surface area contributed by atoms with Gasteiger partial charge in [0.25, 0.3) is 0 Å². The Morgan fingerprint density at radius 3 is 2.81 bits per heavy atom. The molecule has 0 atom stereocenters. The number of nitrogens with one attached hydrogen (secondary N) is 1. The Balaban J connectivity index is 2.52. The SMILES string of the molecule is COC(=O)c1[nH]c(C)cc1-c1nc(C)co1. The van der Waals surface area contributed by atoms with E-state index < -0.39 is 5.97 Å². The van der Waals surface area contributed by atoms with Gasteiger partial charge in [0.15, 0.2) is 0 Å². The van der Waals surface area contributed by atoms with Gasteiger partial charge in [-0.25, -0.2) is 9.78 Å². The fraction of sp³-hybridized carbons (Fsp3) is 0.273. The Morgan fingerprint density at radius 2 is 2.25 bits per heavy atom. The number of oxazole rings is 1. The van der Waals surface area contributed by atoms with Crippen molar-refractivity contribution in [2.45, 2.75) is 13.8 Å². The van der Waals surface area contributed by atoms with Crippen molar-refractivity contribution in [2.24, 2.45) is 0 Å². The number of hydrogen-bond donors (Lipinski definition) is 1. The van der Waals surface area contributed by atoms with Crippen LogP contribution in [-0.4, -0.2) is 23.0 Å². The van der Waals surface area contributed by atoms with Crippen LogP contribution in [0.25, 0.3) is 11.5 Å². The van der Waals surface area contributed by atoms with Crippen molar-refractivity contribution in [3.05, 3.63) is 29.4 Å². The van der Waals surface area contributed by atoms with E-state index in [1.807, 2.05) is 13.8 Å². The molecule has 0 radical (unpaired) electrons. The lowest BCUT2D eigenvalue weighted by Crippen LogP contribution is -2.03. The number of aryl methyl sites for hydroxylation is 2. The summed E-state index contributed by atoms with van der Waals surface area (Å²) in [6, 6.07) is 1.80. The van der Waals surface area contributed by atoms with Gasteiger partial charge in [-0.05, 0) is 19.9 Å². The van der Waals surface area contributed by atoms with Crippen LogP contribution in [0, 0.1) is 13.8 Å². The monoisotopic (exact) mass is 220 g/mol. The number of aromatic nitrogens is 2. The molecule has 0 aliphatic heterocycles. The molecule has 0 unspecified atom stereocenters. The molecule has 0 aliphatic rings. The number of methoxy groups -OCH3 is 1. The van der Waals surface area contributed by atoms with E-state index in [0.29, 0.717) is 17.1 Å². The van der Waals surface area contributed by atoms with Gasteiger partial charge in [-0.1, -0.05) is 0 Å². The van der Waals surface area contributed by atoms with Crippen LogP contribution >= 0.6 is 0 Å². The largest absolute Gasteiger partial charge is 0.464 e. The lowest BCUT2D eigenvalue weighted by Gasteiger charge is -1.97. The average molecular weight is 220 g/mol. The summed E-state index contributed by atoms with van der Waals surface area (Å²) in [4.78, 5) is 18.6. The van der Waals surface area contributed by atoms with Crippen LogP contribution in [0.15, 0.2) is 16.7 Å². The molecule has 0 saturated carbocycles. The molecule has 2 heterocycles. The Morgan fingerprint density at radius 1 is 1.50 bits per heavy atom. The minimum absolute atomic E-state index is 0.363. The molecule has 5 heteroatoms. The van der Waals surface area contributed by atoms with Crippen molar-refractivity contribution < 1.29 is 13.9 Å². The summed E-state index contributed by atoms with van der Waals surface area (Å²) >= 11 is 0. The highest BCUT2D eigenvalue weighted by atomic mass is 16.5. The number of hydrogen-bond acceptors (Lipinski definition) is 4. The van der Waals surface area contributed by atoms with Gasteiger partial charge in [0.05, 0.1) is 18.4 Å². The molecule has 0 fully saturated rings. The zero-order chi connectivity index (χ0) is 11.7. The minimum Gasteiger partial charge on any atom is -0.464 e. The van der Waals surface area contributed by atoms with E-state index in [4.69, 9.17) is 4.42 Å². The summed E-state index contributed by atoms with van der Waals surface area (Å²) in [7, 11) is 1.34. The third-order valence-electron chi connectivity index (χ3n) is 2.19. The summed E-state index contributed by atoms with van der Waals surface area (Å²) in [5.41, 5.74) is 2.61. The second-order valence-electron chi connectivity index (χ2n) is 3.53. The molecule has 2 aromatic rings. The van der Waals surface area contributed by atoms with Gasteiger partial charge in [-0.2, -0.15) is 0 Å². The molecule has 84 valence electrons. The minimum atomic E-state index is -0.432. The second-order valence-corrected chi connectivity index (χ2v) is 3.53. The summed E-state index contributed by atoms with van der Waals surface area (Å²) in [6.07, 6.45) is 1.54. The Hall–Kier alpha value is -2.04.